The molecule has 1 fully saturated rings. The average molecular weight is 514 g/mol. The Morgan fingerprint density at radius 1 is 0.892 bits per heavy atom. The van der Waals surface area contributed by atoms with Crippen LogP contribution in [0.3, 0.4) is 0 Å². The molecule has 7 nitrogen and oxygen atoms in total. The first-order chi connectivity index (χ1) is 17.9. The van der Waals surface area contributed by atoms with Gasteiger partial charge in [-0.25, -0.2) is 9.97 Å². The van der Waals surface area contributed by atoms with E-state index < -0.39 is 0 Å². The lowest BCUT2D eigenvalue weighted by Gasteiger charge is -2.35. The molecule has 0 radical (unpaired) electrons. The van der Waals surface area contributed by atoms with Crippen LogP contribution in [0.15, 0.2) is 65.7 Å². The number of guanidine groups is 1. The van der Waals surface area contributed by atoms with Crippen LogP contribution in [0, 0.1) is 27.7 Å². The first kappa shape index (κ1) is 26.4. The quantitative estimate of drug-likeness (QED) is 0.276. The molecule has 1 aliphatic heterocycles. The maximum Gasteiger partial charge on any atom is 0.229 e. The predicted octanol–water partition coefficient (Wildman–Crippen LogP) is 5.21. The summed E-state index contributed by atoms with van der Waals surface area (Å²) in [6.45, 7) is 12.5. The Balaban J connectivity index is 1.44. The molecule has 0 aliphatic carbocycles. The lowest BCUT2D eigenvalue weighted by Crippen LogP contribution is -2.51. The summed E-state index contributed by atoms with van der Waals surface area (Å²) in [5.74, 6) is 1.18. The third kappa shape index (κ3) is 7.93. The number of nitrogens with zero attached hydrogens (tertiary/aromatic N) is 5. The van der Waals surface area contributed by atoms with Gasteiger partial charge in [-0.3, -0.25) is 10.2 Å². The van der Waals surface area contributed by atoms with Crippen LogP contribution in [0.1, 0.15) is 28.1 Å². The number of rotatable bonds is 5. The third-order valence-corrected chi connectivity index (χ3v) is 6.51. The van der Waals surface area contributed by atoms with E-state index in [0.29, 0.717) is 17.0 Å². The Labute approximate surface area is 225 Å². The van der Waals surface area contributed by atoms with Gasteiger partial charge in [0.15, 0.2) is 0 Å². The van der Waals surface area contributed by atoms with Crippen LogP contribution in [0.25, 0.3) is 6.08 Å². The molecule has 2 heterocycles. The van der Waals surface area contributed by atoms with E-state index in [2.05, 4.69) is 92.8 Å². The lowest BCUT2D eigenvalue weighted by atomic mass is 10.1. The van der Waals surface area contributed by atoms with Crippen molar-refractivity contribution in [1.82, 2.24) is 19.8 Å². The van der Waals surface area contributed by atoms with Gasteiger partial charge in [0.1, 0.15) is 0 Å². The Morgan fingerprint density at radius 3 is 2.27 bits per heavy atom. The maximum absolute atomic E-state index is 5.63. The zero-order valence-electron chi connectivity index (χ0n) is 22.0. The van der Waals surface area contributed by atoms with E-state index in [0.717, 1.165) is 49.8 Å². The van der Waals surface area contributed by atoms with Crippen LogP contribution >= 0.6 is 12.2 Å². The van der Waals surface area contributed by atoms with E-state index in [9.17, 15) is 0 Å². The van der Waals surface area contributed by atoms with Gasteiger partial charge < -0.3 is 10.2 Å². The first-order valence-corrected chi connectivity index (χ1v) is 13.0. The summed E-state index contributed by atoms with van der Waals surface area (Å²) >= 11 is 5.63. The summed E-state index contributed by atoms with van der Waals surface area (Å²) in [5.41, 5.74) is 6.40. The number of benzene rings is 2. The van der Waals surface area contributed by atoms with Gasteiger partial charge in [-0.2, -0.15) is 4.99 Å². The standard InChI is InChI=1S/C29H35N7S/c1-21-12-13-26(19-22(21)2)32-29(37)34-28(33-27-30-23(3)20-24(4)31-27)36-17-15-35(16-18-36)14-8-11-25-9-6-5-7-10-25/h5-13,19-20H,14-18H2,1-4H3,(H2,30,31,32,33,34,37)/b11-8+. The van der Waals surface area contributed by atoms with E-state index in [1.54, 1.807) is 0 Å². The van der Waals surface area contributed by atoms with Gasteiger partial charge in [0.2, 0.25) is 17.0 Å². The number of piperazine rings is 1. The summed E-state index contributed by atoms with van der Waals surface area (Å²) in [4.78, 5) is 18.5. The van der Waals surface area contributed by atoms with Crippen molar-refractivity contribution in [2.24, 2.45) is 4.99 Å². The van der Waals surface area contributed by atoms with Crippen molar-refractivity contribution >= 4 is 41.0 Å². The highest BCUT2D eigenvalue weighted by molar-refractivity contribution is 7.80. The smallest absolute Gasteiger partial charge is 0.229 e. The largest absolute Gasteiger partial charge is 0.340 e. The summed E-state index contributed by atoms with van der Waals surface area (Å²) in [6, 6.07) is 18.5. The van der Waals surface area contributed by atoms with Crippen LogP contribution in [0.5, 0.6) is 0 Å². The van der Waals surface area contributed by atoms with Crippen molar-refractivity contribution in [2.75, 3.05) is 43.4 Å². The van der Waals surface area contributed by atoms with Gasteiger partial charge >= 0.3 is 0 Å². The molecule has 2 N–H and O–H groups in total. The fourth-order valence-corrected chi connectivity index (χ4v) is 4.37. The molecule has 4 rings (SSSR count). The number of aliphatic imine (C=N–C) groups is 1. The Kier molecular flexibility index (Phi) is 8.98. The highest BCUT2D eigenvalue weighted by atomic mass is 32.1. The van der Waals surface area contributed by atoms with Crippen LogP contribution in [-0.2, 0) is 0 Å². The fourth-order valence-electron chi connectivity index (χ4n) is 4.17. The van der Waals surface area contributed by atoms with E-state index in [1.807, 2.05) is 32.0 Å². The number of aromatic nitrogens is 2. The molecule has 0 amide bonds. The summed E-state index contributed by atoms with van der Waals surface area (Å²) < 4.78 is 0. The molecule has 0 unspecified atom stereocenters. The van der Waals surface area contributed by atoms with Gasteiger partial charge in [-0.1, -0.05) is 48.6 Å². The lowest BCUT2D eigenvalue weighted by molar-refractivity contribution is 0.198. The second-order valence-corrected chi connectivity index (χ2v) is 9.75. The monoisotopic (exact) mass is 513 g/mol. The number of hydrogen-bond donors (Lipinski definition) is 2. The number of nitrogens with one attached hydrogen (secondary N) is 2. The zero-order valence-corrected chi connectivity index (χ0v) is 22.8. The summed E-state index contributed by atoms with van der Waals surface area (Å²) in [5, 5.41) is 6.99. The molecule has 1 aromatic heterocycles. The molecule has 2 aromatic carbocycles. The van der Waals surface area contributed by atoms with Crippen LogP contribution in [-0.4, -0.2) is 63.6 Å². The zero-order chi connectivity index (χ0) is 26.2. The number of hydrogen-bond acceptors (Lipinski definition) is 4. The van der Waals surface area contributed by atoms with Gasteiger partial charge in [-0.15, -0.1) is 0 Å². The van der Waals surface area contributed by atoms with E-state index in [1.165, 1.54) is 16.7 Å². The van der Waals surface area contributed by atoms with Crippen LogP contribution in [0.4, 0.5) is 11.6 Å². The molecular formula is C29H35N7S. The second kappa shape index (κ2) is 12.6. The molecule has 0 bridgehead atoms. The number of aryl methyl sites for hydroxylation is 4. The van der Waals surface area contributed by atoms with Gasteiger partial charge in [0, 0.05) is 49.8 Å². The minimum Gasteiger partial charge on any atom is -0.340 e. The normalized spacial score (nSPS) is 14.7. The van der Waals surface area contributed by atoms with Gasteiger partial charge in [0.05, 0.1) is 0 Å². The number of anilines is 2. The summed E-state index contributed by atoms with van der Waals surface area (Å²) in [6.07, 6.45) is 4.40. The molecule has 0 atom stereocenters. The number of thiocarbonyl (C=S) groups is 1. The third-order valence-electron chi connectivity index (χ3n) is 6.32. The molecule has 0 saturated carbocycles. The van der Waals surface area contributed by atoms with E-state index >= 15 is 0 Å². The van der Waals surface area contributed by atoms with E-state index in [-0.39, 0.29) is 0 Å². The molecular weight excluding hydrogens is 478 g/mol. The molecule has 1 saturated heterocycles. The molecule has 1 aliphatic rings. The molecule has 8 heteroatoms. The average Bonchev–Trinajstić information content (AvgIpc) is 2.86. The fraction of sp³-hybridized carbons (Fsp3) is 0.310. The van der Waals surface area contributed by atoms with Gasteiger partial charge in [-0.05, 0) is 74.8 Å². The molecule has 192 valence electrons. The van der Waals surface area contributed by atoms with Crippen molar-refractivity contribution in [3.63, 3.8) is 0 Å². The molecule has 0 spiro atoms. The second-order valence-electron chi connectivity index (χ2n) is 9.36. The maximum atomic E-state index is 5.63. The van der Waals surface area contributed by atoms with Gasteiger partial charge in [0.25, 0.3) is 0 Å². The van der Waals surface area contributed by atoms with Crippen molar-refractivity contribution in [2.45, 2.75) is 27.7 Å². The first-order valence-electron chi connectivity index (χ1n) is 12.6. The van der Waals surface area contributed by atoms with Crippen molar-refractivity contribution in [3.05, 3.63) is 88.8 Å². The summed E-state index contributed by atoms with van der Waals surface area (Å²) in [7, 11) is 0. The Hall–Kier alpha value is -3.62. The van der Waals surface area contributed by atoms with E-state index in [4.69, 9.17) is 17.2 Å². The topological polar surface area (TPSA) is 68.7 Å². The van der Waals surface area contributed by atoms with Crippen molar-refractivity contribution in [3.8, 4) is 0 Å². The molecule has 37 heavy (non-hydrogen) atoms. The minimum atomic E-state index is 0.392. The Morgan fingerprint density at radius 2 is 1.59 bits per heavy atom. The minimum absolute atomic E-state index is 0.392. The van der Waals surface area contributed by atoms with Crippen molar-refractivity contribution in [1.29, 1.82) is 0 Å². The highest BCUT2D eigenvalue weighted by Gasteiger charge is 2.21. The SMILES string of the molecule is Cc1cc(C)nc(N/C(=N/C(=S)Nc2ccc(C)c(C)c2)N2CCN(C/C=C/c3ccccc3)CC2)n1. The Bertz CT molecular complexity index is 1260. The van der Waals surface area contributed by atoms with Crippen molar-refractivity contribution < 1.29 is 0 Å². The predicted molar refractivity (Wildman–Crippen MR) is 158 cm³/mol. The van der Waals surface area contributed by atoms with Crippen LogP contribution in [0.2, 0.25) is 0 Å². The molecule has 3 aromatic rings. The van der Waals surface area contributed by atoms with Crippen LogP contribution < -0.4 is 10.6 Å². The highest BCUT2D eigenvalue weighted by Crippen LogP contribution is 2.15.